The van der Waals surface area contributed by atoms with E-state index in [-0.39, 0.29) is 18.9 Å². The van der Waals surface area contributed by atoms with E-state index in [0.717, 1.165) is 64.2 Å². The van der Waals surface area contributed by atoms with E-state index in [2.05, 4.69) is 79.9 Å². The maximum absolute atomic E-state index is 12.7. The number of aliphatic hydroxyl groups is 5. The molecule has 7 atom stereocenters. The Hall–Kier alpha value is -2.37. The molecule has 6 N–H and O–H groups in total. The molecule has 256 valence electrons. The van der Waals surface area contributed by atoms with Crippen molar-refractivity contribution in [2.45, 2.75) is 134 Å². The van der Waals surface area contributed by atoms with Crippen LogP contribution in [0, 0.1) is 0 Å². The van der Waals surface area contributed by atoms with Gasteiger partial charge in [0.05, 0.1) is 25.4 Å². The summed E-state index contributed by atoms with van der Waals surface area (Å²) in [6.45, 7) is 3.45. The van der Waals surface area contributed by atoms with E-state index < -0.39 is 49.5 Å². The van der Waals surface area contributed by atoms with Crippen LogP contribution in [0.1, 0.15) is 90.9 Å². The Morgan fingerprint density at radius 2 is 1.36 bits per heavy atom. The number of allylic oxidation sites excluding steroid dienone is 11. The highest BCUT2D eigenvalue weighted by Crippen LogP contribution is 2.22. The molecule has 1 fully saturated rings. The molecule has 9 heteroatoms. The van der Waals surface area contributed by atoms with Crippen molar-refractivity contribution in [1.29, 1.82) is 0 Å². The second-order valence-electron chi connectivity index (χ2n) is 11.2. The van der Waals surface area contributed by atoms with Gasteiger partial charge in [0, 0.05) is 6.42 Å². The van der Waals surface area contributed by atoms with Crippen molar-refractivity contribution >= 4 is 5.91 Å². The fourth-order valence-corrected chi connectivity index (χ4v) is 4.54. The summed E-state index contributed by atoms with van der Waals surface area (Å²) in [6.07, 6.45) is 27.1. The normalized spacial score (nSPS) is 24.3. The summed E-state index contributed by atoms with van der Waals surface area (Å²) in [5.74, 6) is -0.247. The molecule has 0 spiro atoms. The van der Waals surface area contributed by atoms with Gasteiger partial charge in [-0.2, -0.15) is 0 Å². The smallest absolute Gasteiger partial charge is 0.220 e. The zero-order chi connectivity index (χ0) is 33.1. The van der Waals surface area contributed by atoms with Crippen LogP contribution in [0.15, 0.2) is 72.9 Å². The Labute approximate surface area is 270 Å². The molecule has 45 heavy (non-hydrogen) atoms. The van der Waals surface area contributed by atoms with Gasteiger partial charge in [-0.05, 0) is 57.8 Å². The number of hydrogen-bond donors (Lipinski definition) is 6. The molecule has 0 aromatic heterocycles. The summed E-state index contributed by atoms with van der Waals surface area (Å²) in [6, 6.07) is -0.832. The lowest BCUT2D eigenvalue weighted by Gasteiger charge is -2.40. The standard InChI is InChI=1S/C36H59NO8/c1-3-5-7-9-10-11-12-13-14-15-16-17-18-19-20-22-24-26-32(40)37-29(30(39)25-23-21-8-6-4-2)28-44-36-35(43)34(42)33(41)31(27-38)45-36/h5,7,10-11,13-14,16-17,19-20,23,25,29-31,33-36,38-39,41-43H,3-4,6,8-9,12,15,18,21-22,24,26-28H2,1-2H3,(H,37,40)/b7-5-,11-10-,14-13-,17-16-,20-19-,25-23+. The molecule has 1 heterocycles. The Balaban J connectivity index is 2.46. The highest BCUT2D eigenvalue weighted by molar-refractivity contribution is 5.76. The van der Waals surface area contributed by atoms with E-state index in [4.69, 9.17) is 9.47 Å². The maximum atomic E-state index is 12.7. The summed E-state index contributed by atoms with van der Waals surface area (Å²) >= 11 is 0. The third-order valence-corrected chi connectivity index (χ3v) is 7.29. The van der Waals surface area contributed by atoms with Crippen LogP contribution in [0.5, 0.6) is 0 Å². The van der Waals surface area contributed by atoms with E-state index in [0.29, 0.717) is 6.42 Å². The average molecular weight is 634 g/mol. The molecule has 0 bridgehead atoms. The fraction of sp³-hybridized carbons (Fsp3) is 0.639. The van der Waals surface area contributed by atoms with E-state index in [1.807, 2.05) is 6.08 Å². The third kappa shape index (κ3) is 19.0. The number of carbonyl (C=O) groups is 1. The van der Waals surface area contributed by atoms with Crippen molar-refractivity contribution in [3.05, 3.63) is 72.9 Å². The largest absolute Gasteiger partial charge is 0.394 e. The minimum atomic E-state index is -1.58. The van der Waals surface area contributed by atoms with Gasteiger partial charge in [0.15, 0.2) is 6.29 Å². The van der Waals surface area contributed by atoms with Gasteiger partial charge in [0.1, 0.15) is 24.4 Å². The van der Waals surface area contributed by atoms with Crippen LogP contribution in [0.25, 0.3) is 0 Å². The summed E-state index contributed by atoms with van der Waals surface area (Å²) in [5, 5.41) is 53.3. The molecule has 1 amide bonds. The lowest BCUT2D eigenvalue weighted by atomic mass is 9.99. The van der Waals surface area contributed by atoms with Gasteiger partial charge in [-0.15, -0.1) is 0 Å². The minimum Gasteiger partial charge on any atom is -0.394 e. The number of unbranched alkanes of at least 4 members (excludes halogenated alkanes) is 4. The number of nitrogens with one attached hydrogen (secondary N) is 1. The number of amides is 1. The van der Waals surface area contributed by atoms with Gasteiger partial charge in [0.25, 0.3) is 0 Å². The zero-order valence-corrected chi connectivity index (χ0v) is 27.3. The molecule has 7 unspecified atom stereocenters. The first-order valence-electron chi connectivity index (χ1n) is 16.7. The highest BCUT2D eigenvalue weighted by atomic mass is 16.7. The topological polar surface area (TPSA) is 149 Å². The molecule has 0 aromatic carbocycles. The van der Waals surface area contributed by atoms with Gasteiger partial charge >= 0.3 is 0 Å². The fourth-order valence-electron chi connectivity index (χ4n) is 4.54. The number of rotatable bonds is 24. The molecule has 1 rings (SSSR count). The highest BCUT2D eigenvalue weighted by Gasteiger charge is 2.44. The monoisotopic (exact) mass is 633 g/mol. The van der Waals surface area contributed by atoms with E-state index >= 15 is 0 Å². The van der Waals surface area contributed by atoms with Crippen molar-refractivity contribution in [3.63, 3.8) is 0 Å². The zero-order valence-electron chi connectivity index (χ0n) is 27.3. The first-order chi connectivity index (χ1) is 21.8. The van der Waals surface area contributed by atoms with Crippen LogP contribution in [-0.2, 0) is 14.3 Å². The average Bonchev–Trinajstić information content (AvgIpc) is 3.03. The molecular weight excluding hydrogens is 574 g/mol. The number of hydrogen-bond acceptors (Lipinski definition) is 8. The molecule has 1 saturated heterocycles. The van der Waals surface area contributed by atoms with Crippen LogP contribution in [0.3, 0.4) is 0 Å². The third-order valence-electron chi connectivity index (χ3n) is 7.29. The van der Waals surface area contributed by atoms with Crippen LogP contribution in [0.4, 0.5) is 0 Å². The molecule has 0 radical (unpaired) electrons. The van der Waals surface area contributed by atoms with E-state index in [1.54, 1.807) is 6.08 Å². The second kappa shape index (κ2) is 26.8. The quantitative estimate of drug-likeness (QED) is 0.0662. The van der Waals surface area contributed by atoms with Crippen molar-refractivity contribution in [2.24, 2.45) is 0 Å². The van der Waals surface area contributed by atoms with Crippen LogP contribution < -0.4 is 5.32 Å². The van der Waals surface area contributed by atoms with Gasteiger partial charge in [-0.3, -0.25) is 4.79 Å². The van der Waals surface area contributed by atoms with Crippen LogP contribution in [-0.4, -0.2) is 87.5 Å². The Bertz CT molecular complexity index is 926. The lowest BCUT2D eigenvalue weighted by molar-refractivity contribution is -0.302. The maximum Gasteiger partial charge on any atom is 0.220 e. The molecular formula is C36H59NO8. The van der Waals surface area contributed by atoms with Gasteiger partial charge in [-0.1, -0.05) is 99.6 Å². The second-order valence-corrected chi connectivity index (χ2v) is 11.2. The molecule has 0 aromatic rings. The van der Waals surface area contributed by atoms with Gasteiger partial charge in [0.2, 0.25) is 5.91 Å². The molecule has 0 saturated carbocycles. The number of aliphatic hydroxyl groups excluding tert-OH is 5. The lowest BCUT2D eigenvalue weighted by Crippen LogP contribution is -2.60. The van der Waals surface area contributed by atoms with Crippen molar-refractivity contribution in [1.82, 2.24) is 5.32 Å². The Morgan fingerprint density at radius 1 is 0.778 bits per heavy atom. The summed E-state index contributed by atoms with van der Waals surface area (Å²) in [7, 11) is 0. The van der Waals surface area contributed by atoms with E-state index in [9.17, 15) is 30.3 Å². The molecule has 1 aliphatic heterocycles. The molecule has 0 aliphatic carbocycles. The predicted molar refractivity (Wildman–Crippen MR) is 179 cm³/mol. The van der Waals surface area contributed by atoms with Crippen LogP contribution in [0.2, 0.25) is 0 Å². The SMILES string of the molecule is CC/C=C\C/C=C\C/C=C\C/C=C\C/C=C\CCCC(=O)NC(COC1OC(CO)C(O)C(O)C1O)C(O)/C=C/CCCCC. The predicted octanol–water partition coefficient (Wildman–Crippen LogP) is 4.71. The first kappa shape index (κ1) is 40.7. The van der Waals surface area contributed by atoms with Gasteiger partial charge < -0.3 is 40.3 Å². The van der Waals surface area contributed by atoms with Crippen molar-refractivity contribution in [2.75, 3.05) is 13.2 Å². The Kier molecular flexibility index (Phi) is 24.2. The molecule has 9 nitrogen and oxygen atoms in total. The summed E-state index contributed by atoms with van der Waals surface area (Å²) in [5.41, 5.74) is 0. The Morgan fingerprint density at radius 3 is 1.93 bits per heavy atom. The summed E-state index contributed by atoms with van der Waals surface area (Å²) < 4.78 is 11.0. The van der Waals surface area contributed by atoms with Crippen molar-refractivity contribution in [3.8, 4) is 0 Å². The molecule has 1 aliphatic rings. The minimum absolute atomic E-state index is 0.219. The number of carbonyl (C=O) groups excluding carboxylic acids is 1. The van der Waals surface area contributed by atoms with E-state index in [1.165, 1.54) is 0 Å². The van der Waals surface area contributed by atoms with Crippen molar-refractivity contribution < 1.29 is 39.8 Å². The van der Waals surface area contributed by atoms with Gasteiger partial charge in [-0.25, -0.2) is 0 Å². The summed E-state index contributed by atoms with van der Waals surface area (Å²) in [4.78, 5) is 12.7. The number of ether oxygens (including phenoxy) is 2. The van der Waals surface area contributed by atoms with Crippen LogP contribution >= 0.6 is 0 Å². The first-order valence-corrected chi connectivity index (χ1v) is 16.7.